The molecule has 0 amide bonds. The number of aromatic nitrogens is 4. The lowest BCUT2D eigenvalue weighted by molar-refractivity contribution is 0.576. The Balaban J connectivity index is 1.39. The van der Waals surface area contributed by atoms with Crippen LogP contribution in [0, 0.1) is 0 Å². The van der Waals surface area contributed by atoms with E-state index in [1.165, 1.54) is 35.7 Å². The minimum absolute atomic E-state index is 0.861. The minimum atomic E-state index is 0.861. The van der Waals surface area contributed by atoms with Crippen LogP contribution in [0.4, 0.5) is 0 Å². The zero-order valence-corrected chi connectivity index (χ0v) is 14.8. The van der Waals surface area contributed by atoms with Crippen LogP contribution in [0.3, 0.4) is 0 Å². The summed E-state index contributed by atoms with van der Waals surface area (Å²) < 4.78 is 4.39. The molecule has 0 saturated carbocycles. The number of hydrogen-bond donors (Lipinski definition) is 0. The number of benzene rings is 2. The molecule has 4 heteroatoms. The first-order valence-corrected chi connectivity index (χ1v) is 9.44. The van der Waals surface area contributed by atoms with Gasteiger partial charge < -0.3 is 4.57 Å². The molecule has 0 saturated heterocycles. The van der Waals surface area contributed by atoms with E-state index in [4.69, 9.17) is 10.1 Å². The molecule has 3 heterocycles. The smallest absolute Gasteiger partial charge is 0.181 e. The van der Waals surface area contributed by atoms with Crippen LogP contribution in [-0.2, 0) is 19.5 Å². The number of para-hydroxylation sites is 1. The van der Waals surface area contributed by atoms with Crippen LogP contribution in [0.5, 0.6) is 0 Å². The van der Waals surface area contributed by atoms with Crippen molar-refractivity contribution in [2.75, 3.05) is 0 Å². The highest BCUT2D eigenvalue weighted by Gasteiger charge is 2.14. The van der Waals surface area contributed by atoms with Crippen molar-refractivity contribution in [2.45, 2.75) is 38.8 Å². The minimum Gasteiger partial charge on any atom is -0.343 e. The molecule has 4 aromatic rings. The Morgan fingerprint density at radius 2 is 1.77 bits per heavy atom. The van der Waals surface area contributed by atoms with Crippen LogP contribution < -0.4 is 0 Å². The lowest BCUT2D eigenvalue weighted by Gasteiger charge is -2.06. The molecule has 0 fully saturated rings. The molecule has 26 heavy (non-hydrogen) atoms. The molecular formula is C22H22N4. The van der Waals surface area contributed by atoms with E-state index in [1.54, 1.807) is 0 Å². The van der Waals surface area contributed by atoms with E-state index < -0.39 is 0 Å². The number of nitrogens with zero attached hydrogens (tertiary/aromatic N) is 4. The van der Waals surface area contributed by atoms with Gasteiger partial charge in [0.1, 0.15) is 5.82 Å². The average molecular weight is 342 g/mol. The summed E-state index contributed by atoms with van der Waals surface area (Å²) in [7, 11) is 0. The molecule has 2 aromatic carbocycles. The Hall–Kier alpha value is -2.88. The zero-order chi connectivity index (χ0) is 17.3. The monoisotopic (exact) mass is 342 g/mol. The molecule has 2 aromatic heterocycles. The van der Waals surface area contributed by atoms with Crippen molar-refractivity contribution in [3.63, 3.8) is 0 Å². The van der Waals surface area contributed by atoms with Gasteiger partial charge in [-0.1, -0.05) is 48.9 Å². The summed E-state index contributed by atoms with van der Waals surface area (Å²) in [6.07, 6.45) is 6.92. The second-order valence-electron chi connectivity index (χ2n) is 7.08. The van der Waals surface area contributed by atoms with Gasteiger partial charge in [-0.3, -0.25) is 0 Å². The molecule has 5 rings (SSSR count). The van der Waals surface area contributed by atoms with E-state index in [2.05, 4.69) is 70.0 Å². The van der Waals surface area contributed by atoms with Crippen molar-refractivity contribution in [3.05, 3.63) is 72.2 Å². The molecule has 1 aliphatic rings. The molecule has 0 N–H and O–H groups in total. The predicted molar refractivity (Wildman–Crippen MR) is 104 cm³/mol. The third-order valence-electron chi connectivity index (χ3n) is 5.26. The van der Waals surface area contributed by atoms with E-state index in [1.807, 2.05) is 0 Å². The first kappa shape index (κ1) is 15.4. The molecule has 0 bridgehead atoms. The van der Waals surface area contributed by atoms with E-state index in [0.29, 0.717) is 0 Å². The lowest BCUT2D eigenvalue weighted by Crippen LogP contribution is -2.02. The Kier molecular flexibility index (Phi) is 3.81. The van der Waals surface area contributed by atoms with Crippen molar-refractivity contribution in [3.8, 4) is 11.4 Å². The summed E-state index contributed by atoms with van der Waals surface area (Å²) in [5.74, 6) is 2.00. The predicted octanol–water partition coefficient (Wildman–Crippen LogP) is 4.67. The van der Waals surface area contributed by atoms with Gasteiger partial charge >= 0.3 is 0 Å². The van der Waals surface area contributed by atoms with Gasteiger partial charge in [0.2, 0.25) is 0 Å². The molecular weight excluding hydrogens is 320 g/mol. The SMILES string of the molecule is c1ccc2c(c1)ccn2Cc1ccc(-c2nc3n(n2)CCCCC3)cc1. The highest BCUT2D eigenvalue weighted by molar-refractivity contribution is 5.80. The highest BCUT2D eigenvalue weighted by Crippen LogP contribution is 2.21. The van der Waals surface area contributed by atoms with Gasteiger partial charge in [-0.2, -0.15) is 5.10 Å². The van der Waals surface area contributed by atoms with Gasteiger partial charge in [0.25, 0.3) is 0 Å². The molecule has 0 radical (unpaired) electrons. The van der Waals surface area contributed by atoms with Crippen LogP contribution in [-0.4, -0.2) is 19.3 Å². The van der Waals surface area contributed by atoms with Crippen molar-refractivity contribution in [1.29, 1.82) is 0 Å². The number of hydrogen-bond acceptors (Lipinski definition) is 2. The molecule has 4 nitrogen and oxygen atoms in total. The lowest BCUT2D eigenvalue weighted by atomic mass is 10.1. The van der Waals surface area contributed by atoms with Crippen LogP contribution in [0.25, 0.3) is 22.3 Å². The fourth-order valence-electron chi connectivity index (χ4n) is 3.82. The Bertz CT molecular complexity index is 1020. The zero-order valence-electron chi connectivity index (χ0n) is 14.8. The normalized spacial score (nSPS) is 14.3. The van der Waals surface area contributed by atoms with Crippen molar-refractivity contribution in [2.24, 2.45) is 0 Å². The largest absolute Gasteiger partial charge is 0.343 e. The van der Waals surface area contributed by atoms with Gasteiger partial charge in [-0.25, -0.2) is 9.67 Å². The van der Waals surface area contributed by atoms with Crippen molar-refractivity contribution < 1.29 is 0 Å². The average Bonchev–Trinajstić information content (AvgIpc) is 3.21. The van der Waals surface area contributed by atoms with Crippen molar-refractivity contribution in [1.82, 2.24) is 19.3 Å². The Morgan fingerprint density at radius 3 is 2.69 bits per heavy atom. The third kappa shape index (κ3) is 2.81. The van der Waals surface area contributed by atoms with Gasteiger partial charge in [-0.05, 0) is 35.9 Å². The van der Waals surface area contributed by atoms with Crippen LogP contribution >= 0.6 is 0 Å². The number of aryl methyl sites for hydroxylation is 2. The van der Waals surface area contributed by atoms with Crippen molar-refractivity contribution >= 4 is 10.9 Å². The maximum Gasteiger partial charge on any atom is 0.181 e. The number of rotatable bonds is 3. The topological polar surface area (TPSA) is 35.6 Å². The summed E-state index contributed by atoms with van der Waals surface area (Å²) in [4.78, 5) is 4.77. The highest BCUT2D eigenvalue weighted by atomic mass is 15.3. The second kappa shape index (κ2) is 6.45. The van der Waals surface area contributed by atoms with Crippen LogP contribution in [0.2, 0.25) is 0 Å². The maximum atomic E-state index is 4.77. The first-order valence-electron chi connectivity index (χ1n) is 9.44. The fourth-order valence-corrected chi connectivity index (χ4v) is 3.82. The Labute approximate surface area is 153 Å². The summed E-state index contributed by atoms with van der Waals surface area (Å²) in [5, 5.41) is 6.01. The summed E-state index contributed by atoms with van der Waals surface area (Å²) >= 11 is 0. The van der Waals surface area contributed by atoms with Gasteiger partial charge in [0, 0.05) is 36.8 Å². The standard InChI is InChI=1S/C22H22N4/c1-2-8-21-23-22(24-26(21)14-5-1)19-11-9-17(10-12-19)16-25-15-13-18-6-3-4-7-20(18)25/h3-4,6-7,9-13,15H,1-2,5,8,14,16H2. The summed E-state index contributed by atoms with van der Waals surface area (Å²) in [5.41, 5.74) is 3.67. The Morgan fingerprint density at radius 1 is 0.885 bits per heavy atom. The maximum absolute atomic E-state index is 4.77. The van der Waals surface area contributed by atoms with E-state index >= 15 is 0 Å². The molecule has 0 unspecified atom stereocenters. The molecule has 0 atom stereocenters. The molecule has 1 aliphatic heterocycles. The van der Waals surface area contributed by atoms with E-state index in [-0.39, 0.29) is 0 Å². The second-order valence-corrected chi connectivity index (χ2v) is 7.08. The van der Waals surface area contributed by atoms with Gasteiger partial charge in [0.05, 0.1) is 0 Å². The molecule has 0 spiro atoms. The van der Waals surface area contributed by atoms with Gasteiger partial charge in [0.15, 0.2) is 5.82 Å². The van der Waals surface area contributed by atoms with Crippen LogP contribution in [0.1, 0.15) is 30.7 Å². The number of fused-ring (bicyclic) bond motifs is 2. The summed E-state index contributed by atoms with van der Waals surface area (Å²) in [6, 6.07) is 19.4. The van der Waals surface area contributed by atoms with Gasteiger partial charge in [-0.15, -0.1) is 0 Å². The van der Waals surface area contributed by atoms with E-state index in [0.717, 1.165) is 36.7 Å². The van der Waals surface area contributed by atoms with E-state index in [9.17, 15) is 0 Å². The third-order valence-corrected chi connectivity index (χ3v) is 5.26. The molecule has 0 aliphatic carbocycles. The quantitative estimate of drug-likeness (QED) is 0.542. The first-order chi connectivity index (χ1) is 12.9. The fraction of sp³-hybridized carbons (Fsp3) is 0.273. The summed E-state index contributed by atoms with van der Waals surface area (Å²) in [6.45, 7) is 1.88. The molecule has 130 valence electrons. The van der Waals surface area contributed by atoms with Crippen LogP contribution in [0.15, 0.2) is 60.8 Å².